The maximum atomic E-state index is 10.2. The molecule has 1 aliphatic rings. The summed E-state index contributed by atoms with van der Waals surface area (Å²) in [6.45, 7) is 2.27. The molecule has 0 aromatic carbocycles. The highest BCUT2D eigenvalue weighted by atomic mass is 16.3. The van der Waals surface area contributed by atoms with E-state index in [-0.39, 0.29) is 6.10 Å². The van der Waals surface area contributed by atoms with E-state index < -0.39 is 0 Å². The van der Waals surface area contributed by atoms with Gasteiger partial charge in [-0.3, -0.25) is 0 Å². The second-order valence-electron chi connectivity index (χ2n) is 5.09. The Kier molecular flexibility index (Phi) is 4.05. The summed E-state index contributed by atoms with van der Waals surface area (Å²) in [5.41, 5.74) is 1.12. The molecule has 90 valence electrons. The van der Waals surface area contributed by atoms with Gasteiger partial charge in [-0.2, -0.15) is 0 Å². The lowest BCUT2D eigenvalue weighted by molar-refractivity contribution is 0.0734. The van der Waals surface area contributed by atoms with E-state index >= 15 is 0 Å². The number of rotatable bonds is 4. The molecule has 1 aromatic rings. The molecule has 1 N–H and O–H groups in total. The molecule has 0 bridgehead atoms. The standard InChI is InChI=1S/C14H22O2/c1-2-11-3-5-13(6-4-11)14(15)9-12-7-8-16-10-12/h7-8,10-11,13-15H,2-6,9H2,1H3. The Morgan fingerprint density at radius 3 is 2.69 bits per heavy atom. The molecule has 2 rings (SSSR count). The van der Waals surface area contributed by atoms with Gasteiger partial charge in [0.25, 0.3) is 0 Å². The van der Waals surface area contributed by atoms with Crippen molar-refractivity contribution in [2.45, 2.75) is 51.6 Å². The molecule has 0 radical (unpaired) electrons. The predicted molar refractivity (Wildman–Crippen MR) is 64.2 cm³/mol. The molecule has 2 nitrogen and oxygen atoms in total. The second-order valence-corrected chi connectivity index (χ2v) is 5.09. The zero-order chi connectivity index (χ0) is 11.4. The smallest absolute Gasteiger partial charge is 0.0935 e. The van der Waals surface area contributed by atoms with Crippen molar-refractivity contribution in [3.8, 4) is 0 Å². The third kappa shape index (κ3) is 2.88. The van der Waals surface area contributed by atoms with Crippen LogP contribution in [-0.2, 0) is 6.42 Å². The number of aliphatic hydroxyl groups is 1. The van der Waals surface area contributed by atoms with Crippen LogP contribution in [0.3, 0.4) is 0 Å². The van der Waals surface area contributed by atoms with Gasteiger partial charge in [0, 0.05) is 6.42 Å². The van der Waals surface area contributed by atoms with Crippen LogP contribution in [0.15, 0.2) is 23.0 Å². The Hall–Kier alpha value is -0.760. The van der Waals surface area contributed by atoms with Crippen LogP contribution in [0.25, 0.3) is 0 Å². The summed E-state index contributed by atoms with van der Waals surface area (Å²) in [6.07, 6.45) is 10.2. The van der Waals surface area contributed by atoms with Crippen molar-refractivity contribution in [3.63, 3.8) is 0 Å². The fourth-order valence-corrected chi connectivity index (χ4v) is 2.80. The lowest BCUT2D eigenvalue weighted by Crippen LogP contribution is -2.27. The van der Waals surface area contributed by atoms with Crippen molar-refractivity contribution in [2.75, 3.05) is 0 Å². The van der Waals surface area contributed by atoms with Gasteiger partial charge in [0.2, 0.25) is 0 Å². The predicted octanol–water partition coefficient (Wildman–Crippen LogP) is 3.40. The van der Waals surface area contributed by atoms with Crippen LogP contribution in [0, 0.1) is 11.8 Å². The number of aliphatic hydroxyl groups excluding tert-OH is 1. The number of hydrogen-bond acceptors (Lipinski definition) is 2. The third-order valence-electron chi connectivity index (χ3n) is 4.04. The monoisotopic (exact) mass is 222 g/mol. The summed E-state index contributed by atoms with van der Waals surface area (Å²) in [5, 5.41) is 10.2. The fourth-order valence-electron chi connectivity index (χ4n) is 2.80. The largest absolute Gasteiger partial charge is 0.472 e. The third-order valence-corrected chi connectivity index (χ3v) is 4.04. The van der Waals surface area contributed by atoms with E-state index in [4.69, 9.17) is 4.42 Å². The topological polar surface area (TPSA) is 33.4 Å². The number of furan rings is 1. The number of hydrogen-bond donors (Lipinski definition) is 1. The SMILES string of the molecule is CCC1CCC(C(O)Cc2ccoc2)CC1. The summed E-state index contributed by atoms with van der Waals surface area (Å²) in [4.78, 5) is 0. The molecule has 1 aromatic heterocycles. The molecule has 1 saturated carbocycles. The summed E-state index contributed by atoms with van der Waals surface area (Å²) in [5.74, 6) is 1.40. The van der Waals surface area contributed by atoms with E-state index in [2.05, 4.69) is 6.92 Å². The van der Waals surface area contributed by atoms with Crippen molar-refractivity contribution >= 4 is 0 Å². The van der Waals surface area contributed by atoms with Gasteiger partial charge >= 0.3 is 0 Å². The van der Waals surface area contributed by atoms with Crippen molar-refractivity contribution < 1.29 is 9.52 Å². The average molecular weight is 222 g/mol. The first kappa shape index (κ1) is 11.7. The minimum Gasteiger partial charge on any atom is -0.472 e. The summed E-state index contributed by atoms with van der Waals surface area (Å²) in [7, 11) is 0. The molecule has 0 saturated heterocycles. The van der Waals surface area contributed by atoms with Gasteiger partial charge < -0.3 is 9.52 Å². The zero-order valence-electron chi connectivity index (χ0n) is 10.1. The van der Waals surface area contributed by atoms with Crippen LogP contribution in [0.5, 0.6) is 0 Å². The molecule has 1 unspecified atom stereocenters. The van der Waals surface area contributed by atoms with Crippen LogP contribution in [0.4, 0.5) is 0 Å². The maximum absolute atomic E-state index is 10.2. The Balaban J connectivity index is 1.80. The normalized spacial score (nSPS) is 27.9. The van der Waals surface area contributed by atoms with Crippen molar-refractivity contribution in [3.05, 3.63) is 24.2 Å². The zero-order valence-corrected chi connectivity index (χ0v) is 10.1. The highest BCUT2D eigenvalue weighted by molar-refractivity contribution is 5.07. The highest BCUT2D eigenvalue weighted by Crippen LogP contribution is 2.33. The van der Waals surface area contributed by atoms with Gasteiger partial charge in [-0.1, -0.05) is 26.2 Å². The summed E-state index contributed by atoms with van der Waals surface area (Å²) < 4.78 is 5.03. The van der Waals surface area contributed by atoms with Gasteiger partial charge in [-0.05, 0) is 36.3 Å². The fraction of sp³-hybridized carbons (Fsp3) is 0.714. The second kappa shape index (κ2) is 5.53. The van der Waals surface area contributed by atoms with Crippen LogP contribution in [0.1, 0.15) is 44.6 Å². The van der Waals surface area contributed by atoms with Gasteiger partial charge in [-0.15, -0.1) is 0 Å². The minimum absolute atomic E-state index is 0.185. The quantitative estimate of drug-likeness (QED) is 0.847. The lowest BCUT2D eigenvalue weighted by Gasteiger charge is -2.30. The van der Waals surface area contributed by atoms with Crippen molar-refractivity contribution in [2.24, 2.45) is 11.8 Å². The first-order chi connectivity index (χ1) is 7.79. The molecule has 1 atom stereocenters. The van der Waals surface area contributed by atoms with E-state index in [1.807, 2.05) is 6.07 Å². The van der Waals surface area contributed by atoms with Crippen molar-refractivity contribution in [1.82, 2.24) is 0 Å². The van der Waals surface area contributed by atoms with E-state index in [1.54, 1.807) is 12.5 Å². The molecule has 2 heteroatoms. The molecule has 0 aliphatic heterocycles. The molecule has 1 fully saturated rings. The summed E-state index contributed by atoms with van der Waals surface area (Å²) in [6, 6.07) is 1.95. The Labute approximate surface area is 97.7 Å². The van der Waals surface area contributed by atoms with Crippen LogP contribution in [0.2, 0.25) is 0 Å². The Morgan fingerprint density at radius 2 is 2.12 bits per heavy atom. The highest BCUT2D eigenvalue weighted by Gasteiger charge is 2.25. The van der Waals surface area contributed by atoms with Gasteiger partial charge in [-0.25, -0.2) is 0 Å². The summed E-state index contributed by atoms with van der Waals surface area (Å²) >= 11 is 0. The molecule has 1 aliphatic carbocycles. The molecule has 1 heterocycles. The van der Waals surface area contributed by atoms with Gasteiger partial charge in [0.05, 0.1) is 18.6 Å². The molecular formula is C14H22O2. The van der Waals surface area contributed by atoms with E-state index in [9.17, 15) is 5.11 Å². The van der Waals surface area contributed by atoms with Gasteiger partial charge in [0.1, 0.15) is 0 Å². The van der Waals surface area contributed by atoms with Gasteiger partial charge in [0.15, 0.2) is 0 Å². The molecule has 0 amide bonds. The average Bonchev–Trinajstić information content (AvgIpc) is 2.82. The molecule has 16 heavy (non-hydrogen) atoms. The minimum atomic E-state index is -0.185. The Bertz CT molecular complexity index is 284. The van der Waals surface area contributed by atoms with E-state index in [0.717, 1.165) is 17.9 Å². The van der Waals surface area contributed by atoms with E-state index in [1.165, 1.54) is 32.1 Å². The molecule has 0 spiro atoms. The first-order valence-electron chi connectivity index (χ1n) is 6.48. The van der Waals surface area contributed by atoms with Crippen molar-refractivity contribution in [1.29, 1.82) is 0 Å². The van der Waals surface area contributed by atoms with E-state index in [0.29, 0.717) is 5.92 Å². The first-order valence-corrected chi connectivity index (χ1v) is 6.48. The molecular weight excluding hydrogens is 200 g/mol. The van der Waals surface area contributed by atoms with Crippen LogP contribution >= 0.6 is 0 Å². The Morgan fingerprint density at radius 1 is 1.38 bits per heavy atom. The van der Waals surface area contributed by atoms with Crippen LogP contribution < -0.4 is 0 Å². The lowest BCUT2D eigenvalue weighted by atomic mass is 9.77. The maximum Gasteiger partial charge on any atom is 0.0935 e. The van der Waals surface area contributed by atoms with Crippen LogP contribution in [-0.4, -0.2) is 11.2 Å².